The van der Waals surface area contributed by atoms with E-state index >= 15 is 0 Å². The molecule has 0 spiro atoms. The van der Waals surface area contributed by atoms with Gasteiger partial charge in [-0.15, -0.1) is 10.2 Å². The van der Waals surface area contributed by atoms with Gasteiger partial charge >= 0.3 is 0 Å². The van der Waals surface area contributed by atoms with E-state index in [4.69, 9.17) is 5.73 Å². The van der Waals surface area contributed by atoms with E-state index in [1.165, 1.54) is 4.31 Å². The standard InChI is InChI=1S/C18H29N5O2S2/c1-5-14(4)23-17(20-21-18(23)26-12-11-19)15-9-8-10-16(13-15)27(24,25)22(6-2)7-3/h8-10,13-14H,5-7,11-12,19H2,1-4H3/t14-/m1/s1. The van der Waals surface area contributed by atoms with Crippen molar-refractivity contribution in [1.82, 2.24) is 19.1 Å². The number of sulfonamides is 1. The molecular weight excluding hydrogens is 382 g/mol. The Morgan fingerprint density at radius 2 is 1.93 bits per heavy atom. The van der Waals surface area contributed by atoms with E-state index in [1.807, 2.05) is 19.9 Å². The monoisotopic (exact) mass is 411 g/mol. The Morgan fingerprint density at radius 3 is 2.52 bits per heavy atom. The van der Waals surface area contributed by atoms with Crippen molar-refractivity contribution in [3.8, 4) is 11.4 Å². The summed E-state index contributed by atoms with van der Waals surface area (Å²) in [5.74, 6) is 1.44. The molecular formula is C18H29N5O2S2. The van der Waals surface area contributed by atoms with E-state index in [2.05, 4.69) is 28.6 Å². The fraction of sp³-hybridized carbons (Fsp3) is 0.556. The van der Waals surface area contributed by atoms with Gasteiger partial charge in [-0.25, -0.2) is 8.42 Å². The van der Waals surface area contributed by atoms with Crippen LogP contribution in [0.5, 0.6) is 0 Å². The molecule has 0 fully saturated rings. The summed E-state index contributed by atoms with van der Waals surface area (Å²) < 4.78 is 29.3. The average Bonchev–Trinajstić information content (AvgIpc) is 3.10. The molecule has 0 aliphatic heterocycles. The normalized spacial score (nSPS) is 13.3. The fourth-order valence-corrected chi connectivity index (χ4v) is 5.12. The topological polar surface area (TPSA) is 94.1 Å². The minimum atomic E-state index is -3.52. The van der Waals surface area contributed by atoms with E-state index in [0.717, 1.165) is 22.9 Å². The first kappa shape index (κ1) is 21.9. The third-order valence-electron chi connectivity index (χ3n) is 4.48. The van der Waals surface area contributed by atoms with Crippen molar-refractivity contribution in [2.75, 3.05) is 25.4 Å². The average molecular weight is 412 g/mol. The highest BCUT2D eigenvalue weighted by Crippen LogP contribution is 2.30. The molecule has 0 saturated heterocycles. The van der Waals surface area contributed by atoms with Gasteiger partial charge in [-0.05, 0) is 25.5 Å². The molecule has 0 aliphatic carbocycles. The summed E-state index contributed by atoms with van der Waals surface area (Å²) in [6, 6.07) is 7.15. The maximum Gasteiger partial charge on any atom is 0.243 e. The number of nitrogens with zero attached hydrogens (tertiary/aromatic N) is 4. The molecule has 150 valence electrons. The molecule has 1 aromatic heterocycles. The van der Waals surface area contributed by atoms with E-state index < -0.39 is 10.0 Å². The Morgan fingerprint density at radius 1 is 1.22 bits per heavy atom. The largest absolute Gasteiger partial charge is 0.330 e. The van der Waals surface area contributed by atoms with Crippen LogP contribution in [0.3, 0.4) is 0 Å². The van der Waals surface area contributed by atoms with Gasteiger partial charge in [0, 0.05) is 37.0 Å². The van der Waals surface area contributed by atoms with Crippen molar-refractivity contribution in [3.05, 3.63) is 24.3 Å². The highest BCUT2D eigenvalue weighted by atomic mass is 32.2. The van der Waals surface area contributed by atoms with Gasteiger partial charge in [0.15, 0.2) is 11.0 Å². The lowest BCUT2D eigenvalue weighted by Gasteiger charge is -2.19. The molecule has 0 saturated carbocycles. The summed E-state index contributed by atoms with van der Waals surface area (Å²) in [7, 11) is -3.52. The zero-order valence-corrected chi connectivity index (χ0v) is 18.1. The predicted molar refractivity (Wildman–Crippen MR) is 110 cm³/mol. The minimum Gasteiger partial charge on any atom is -0.330 e. The Hall–Kier alpha value is -1.42. The first-order chi connectivity index (χ1) is 12.9. The number of thioether (sulfide) groups is 1. The number of aromatic nitrogens is 3. The van der Waals surface area contributed by atoms with Crippen LogP contribution < -0.4 is 5.73 Å². The van der Waals surface area contributed by atoms with Gasteiger partial charge < -0.3 is 5.73 Å². The predicted octanol–water partition coefficient (Wildman–Crippen LogP) is 3.00. The molecule has 9 heteroatoms. The Balaban J connectivity index is 2.52. The molecule has 0 radical (unpaired) electrons. The molecule has 0 aliphatic rings. The first-order valence-electron chi connectivity index (χ1n) is 9.28. The molecule has 2 aromatic rings. The van der Waals surface area contributed by atoms with Crippen LogP contribution in [0.1, 0.15) is 40.2 Å². The molecule has 0 bridgehead atoms. The quantitative estimate of drug-likeness (QED) is 0.604. The maximum atomic E-state index is 12.9. The summed E-state index contributed by atoms with van der Waals surface area (Å²) in [4.78, 5) is 0.276. The van der Waals surface area contributed by atoms with Crippen molar-refractivity contribution in [2.45, 2.75) is 50.2 Å². The van der Waals surface area contributed by atoms with Crippen LogP contribution in [0, 0.1) is 0 Å². The van der Waals surface area contributed by atoms with E-state index in [9.17, 15) is 8.42 Å². The molecule has 2 N–H and O–H groups in total. The number of benzene rings is 1. The van der Waals surface area contributed by atoms with Crippen molar-refractivity contribution in [2.24, 2.45) is 5.73 Å². The van der Waals surface area contributed by atoms with Gasteiger partial charge in [0.2, 0.25) is 10.0 Å². The molecule has 0 amide bonds. The summed E-state index contributed by atoms with van der Waals surface area (Å²) in [5.41, 5.74) is 6.37. The number of hydrogen-bond donors (Lipinski definition) is 1. The molecule has 1 aromatic carbocycles. The number of nitrogens with two attached hydrogens (primary N) is 1. The molecule has 27 heavy (non-hydrogen) atoms. The summed E-state index contributed by atoms with van der Waals surface area (Å²) in [6.07, 6.45) is 0.915. The van der Waals surface area contributed by atoms with Crippen molar-refractivity contribution in [3.63, 3.8) is 0 Å². The lowest BCUT2D eigenvalue weighted by atomic mass is 10.2. The molecule has 7 nitrogen and oxygen atoms in total. The summed E-state index contributed by atoms with van der Waals surface area (Å²) >= 11 is 1.57. The van der Waals surface area contributed by atoms with Crippen LogP contribution in [0.15, 0.2) is 34.3 Å². The van der Waals surface area contributed by atoms with Gasteiger partial charge in [0.25, 0.3) is 0 Å². The lowest BCUT2D eigenvalue weighted by molar-refractivity contribution is 0.445. The van der Waals surface area contributed by atoms with E-state index in [0.29, 0.717) is 25.5 Å². The van der Waals surface area contributed by atoms with Crippen molar-refractivity contribution < 1.29 is 8.42 Å². The van der Waals surface area contributed by atoms with E-state index in [1.54, 1.807) is 30.0 Å². The second kappa shape index (κ2) is 9.68. The SMILES string of the molecule is CC[C@@H](C)n1c(SCCN)nnc1-c1cccc(S(=O)(=O)N(CC)CC)c1. The highest BCUT2D eigenvalue weighted by Gasteiger charge is 2.24. The molecule has 0 unspecified atom stereocenters. The Labute approximate surface area is 166 Å². The second-order valence-electron chi connectivity index (χ2n) is 6.19. The van der Waals surface area contributed by atoms with Crippen LogP contribution in [-0.4, -0.2) is 52.9 Å². The smallest absolute Gasteiger partial charge is 0.243 e. The highest BCUT2D eigenvalue weighted by molar-refractivity contribution is 7.99. The zero-order valence-electron chi connectivity index (χ0n) is 16.4. The van der Waals surface area contributed by atoms with Crippen molar-refractivity contribution in [1.29, 1.82) is 0 Å². The van der Waals surface area contributed by atoms with Crippen molar-refractivity contribution >= 4 is 21.8 Å². The zero-order chi connectivity index (χ0) is 20.0. The minimum absolute atomic E-state index is 0.193. The van der Waals surface area contributed by atoms with Gasteiger partial charge in [-0.3, -0.25) is 4.57 Å². The van der Waals surface area contributed by atoms with Crippen LogP contribution in [0.25, 0.3) is 11.4 Å². The molecule has 2 rings (SSSR count). The maximum absolute atomic E-state index is 12.9. The summed E-state index contributed by atoms with van der Waals surface area (Å²) in [5, 5.41) is 9.49. The number of hydrogen-bond acceptors (Lipinski definition) is 6. The Bertz CT molecular complexity index is 847. The van der Waals surface area contributed by atoms with Crippen LogP contribution >= 0.6 is 11.8 Å². The lowest BCUT2D eigenvalue weighted by Crippen LogP contribution is -2.30. The van der Waals surface area contributed by atoms with Gasteiger partial charge in [0.1, 0.15) is 0 Å². The van der Waals surface area contributed by atoms with Gasteiger partial charge in [0.05, 0.1) is 4.90 Å². The summed E-state index contributed by atoms with van der Waals surface area (Å²) in [6.45, 7) is 9.32. The van der Waals surface area contributed by atoms with Crippen LogP contribution in [0.2, 0.25) is 0 Å². The van der Waals surface area contributed by atoms with Crippen LogP contribution in [-0.2, 0) is 10.0 Å². The third kappa shape index (κ3) is 4.71. The number of rotatable bonds is 10. The fourth-order valence-electron chi connectivity index (χ4n) is 2.81. The first-order valence-corrected chi connectivity index (χ1v) is 11.7. The Kier molecular flexibility index (Phi) is 7.84. The molecule has 1 heterocycles. The van der Waals surface area contributed by atoms with Gasteiger partial charge in [-0.2, -0.15) is 4.31 Å². The van der Waals surface area contributed by atoms with Crippen LogP contribution in [0.4, 0.5) is 0 Å². The second-order valence-corrected chi connectivity index (χ2v) is 9.19. The van der Waals surface area contributed by atoms with Gasteiger partial charge in [-0.1, -0.05) is 44.7 Å². The third-order valence-corrected chi connectivity index (χ3v) is 7.50. The molecule has 1 atom stereocenters. The van der Waals surface area contributed by atoms with E-state index in [-0.39, 0.29) is 10.9 Å².